The van der Waals surface area contributed by atoms with Crippen LogP contribution in [0.15, 0.2) is 158 Å². The normalized spacial score (nSPS) is 13.6. The van der Waals surface area contributed by atoms with Crippen LogP contribution in [0, 0.1) is 0 Å². The van der Waals surface area contributed by atoms with Gasteiger partial charge in [0.1, 0.15) is 11.6 Å². The van der Waals surface area contributed by atoms with E-state index < -0.39 is 24.0 Å². The van der Waals surface area contributed by atoms with E-state index in [1.165, 1.54) is 6.92 Å². The molecule has 1 unspecified atom stereocenters. The van der Waals surface area contributed by atoms with Gasteiger partial charge in [-0.25, -0.2) is 14.3 Å². The topological polar surface area (TPSA) is 132 Å². The first-order valence-corrected chi connectivity index (χ1v) is 21.8. The highest BCUT2D eigenvalue weighted by molar-refractivity contribution is 6.02. The van der Waals surface area contributed by atoms with Crippen molar-refractivity contribution in [2.75, 3.05) is 6.61 Å². The zero-order valence-corrected chi connectivity index (χ0v) is 35.7. The number of para-hydroxylation sites is 1. The largest absolute Gasteiger partial charge is 0.511 e. The summed E-state index contributed by atoms with van der Waals surface area (Å²) in [4.78, 5) is 31.4. The van der Waals surface area contributed by atoms with Gasteiger partial charge in [-0.3, -0.25) is 4.57 Å². The monoisotopic (exact) mass is 852 g/mol. The number of carbonyl (C=O) groups is 2. The minimum Gasteiger partial charge on any atom is -0.465 e. The van der Waals surface area contributed by atoms with Crippen LogP contribution >= 0.6 is 0 Å². The smallest absolute Gasteiger partial charge is 0.465 e. The van der Waals surface area contributed by atoms with Crippen LogP contribution in [0.2, 0.25) is 0 Å². The second-order valence-electron chi connectivity index (χ2n) is 15.8. The van der Waals surface area contributed by atoms with Gasteiger partial charge in [0.15, 0.2) is 5.82 Å². The average Bonchev–Trinajstić information content (AvgIpc) is 3.96. The predicted molar refractivity (Wildman–Crippen MR) is 243 cm³/mol. The van der Waals surface area contributed by atoms with Crippen LogP contribution in [-0.2, 0) is 26.3 Å². The summed E-state index contributed by atoms with van der Waals surface area (Å²) in [5.74, 6) is -0.149. The number of benzene rings is 6. The van der Waals surface area contributed by atoms with Crippen molar-refractivity contribution < 1.29 is 28.5 Å². The van der Waals surface area contributed by atoms with E-state index in [0.717, 1.165) is 71.0 Å². The van der Waals surface area contributed by atoms with E-state index in [1.807, 2.05) is 95.0 Å². The van der Waals surface area contributed by atoms with E-state index in [-0.39, 0.29) is 18.2 Å². The molecule has 0 N–H and O–H groups in total. The van der Waals surface area contributed by atoms with Gasteiger partial charge in [-0.1, -0.05) is 146 Å². The van der Waals surface area contributed by atoms with Crippen molar-refractivity contribution in [3.63, 3.8) is 0 Å². The van der Waals surface area contributed by atoms with Crippen molar-refractivity contribution in [2.24, 2.45) is 0 Å². The number of rotatable bonds is 14. The summed E-state index contributed by atoms with van der Waals surface area (Å²) >= 11 is 0. The molecule has 1 aliphatic carbocycles. The lowest BCUT2D eigenvalue weighted by atomic mass is 9.77. The first kappa shape index (κ1) is 41.7. The minimum atomic E-state index is -1.20. The van der Waals surface area contributed by atoms with Gasteiger partial charge in [0.05, 0.1) is 29.7 Å². The molecule has 1 fully saturated rings. The maximum atomic E-state index is 13.9. The summed E-state index contributed by atoms with van der Waals surface area (Å²) in [7, 11) is 0. The summed E-state index contributed by atoms with van der Waals surface area (Å²) in [5.41, 5.74) is 6.76. The van der Waals surface area contributed by atoms with Crippen molar-refractivity contribution in [2.45, 2.75) is 70.4 Å². The highest BCUT2D eigenvalue weighted by Crippen LogP contribution is 2.44. The highest BCUT2D eigenvalue weighted by atomic mass is 16.8. The number of hydrogen-bond acceptors (Lipinski definition) is 10. The zero-order valence-electron chi connectivity index (χ0n) is 35.7. The summed E-state index contributed by atoms with van der Waals surface area (Å²) in [6.07, 6.45) is 2.45. The van der Waals surface area contributed by atoms with Gasteiger partial charge >= 0.3 is 12.1 Å². The lowest BCUT2D eigenvalue weighted by Crippen LogP contribution is -2.39. The number of tetrazole rings is 1. The second kappa shape index (κ2) is 18.8. The molecule has 9 rings (SSSR count). The average molecular weight is 853 g/mol. The molecular formula is C52H48N6O6. The fraction of sp³-hybridized carbons (Fsp3) is 0.231. The van der Waals surface area contributed by atoms with Gasteiger partial charge in [-0.15, -0.1) is 5.10 Å². The van der Waals surface area contributed by atoms with Gasteiger partial charge in [-0.2, -0.15) is 4.98 Å². The van der Waals surface area contributed by atoms with Crippen LogP contribution in [0.5, 0.6) is 6.01 Å². The Kier molecular flexibility index (Phi) is 12.3. The number of fused-ring (bicyclic) bond motifs is 1. The van der Waals surface area contributed by atoms with Gasteiger partial charge in [0.2, 0.25) is 6.29 Å². The molecule has 12 nitrogen and oxygen atoms in total. The molecule has 8 aromatic rings. The number of esters is 1. The number of carbonyl (C=O) groups excluding carboxylic acids is 2. The maximum Gasteiger partial charge on any atom is 0.511 e. The molecule has 0 amide bonds. The van der Waals surface area contributed by atoms with Crippen LogP contribution in [-0.4, -0.2) is 60.9 Å². The first-order valence-electron chi connectivity index (χ1n) is 21.8. The van der Waals surface area contributed by atoms with Crippen molar-refractivity contribution in [1.82, 2.24) is 29.8 Å². The Balaban J connectivity index is 1.15. The minimum absolute atomic E-state index is 0.196. The van der Waals surface area contributed by atoms with Gasteiger partial charge < -0.3 is 18.9 Å². The lowest BCUT2D eigenvalue weighted by Gasteiger charge is -2.36. The van der Waals surface area contributed by atoms with Crippen LogP contribution < -0.4 is 4.74 Å². The van der Waals surface area contributed by atoms with Crippen LogP contribution in [0.3, 0.4) is 0 Å². The molecule has 1 saturated carbocycles. The fourth-order valence-electron chi connectivity index (χ4n) is 8.85. The highest BCUT2D eigenvalue weighted by Gasteiger charge is 2.42. The molecule has 2 aromatic heterocycles. The van der Waals surface area contributed by atoms with Gasteiger partial charge in [0.25, 0.3) is 6.01 Å². The van der Waals surface area contributed by atoms with Crippen LogP contribution in [0.4, 0.5) is 4.79 Å². The van der Waals surface area contributed by atoms with Crippen molar-refractivity contribution in [3.8, 4) is 28.5 Å². The standard InChI is InChI=1S/C52H48N6O6/c1-3-61-50-53-46-31-19-30-44(49(59)62-36(2)63-51(60)64-42-28-17-8-18-29-42)47(46)57(50)35-37-32-33-43(38-20-9-4-10-21-38)45(34-37)48-54-55-56-58(48)52(39-22-11-5-12-23-39,40-24-13-6-14-25-40)41-26-15-7-16-27-41/h4-7,9-16,19-27,30-34,36,42H,3,8,17-18,28-29,35H2,1-2H3. The fourth-order valence-corrected chi connectivity index (χ4v) is 8.85. The Morgan fingerprint density at radius 3 is 1.97 bits per heavy atom. The molecule has 0 spiro atoms. The molecule has 6 aromatic carbocycles. The van der Waals surface area contributed by atoms with Crippen molar-refractivity contribution in [3.05, 3.63) is 186 Å². The molecule has 0 bridgehead atoms. The van der Waals surface area contributed by atoms with E-state index in [9.17, 15) is 9.59 Å². The summed E-state index contributed by atoms with van der Waals surface area (Å²) in [6.45, 7) is 3.97. The van der Waals surface area contributed by atoms with Crippen LogP contribution in [0.1, 0.15) is 78.6 Å². The number of ether oxygens (including phenoxy) is 4. The summed E-state index contributed by atoms with van der Waals surface area (Å²) < 4.78 is 26.5. The Labute approximate surface area is 371 Å². The number of hydrogen-bond donors (Lipinski definition) is 0. The Bertz CT molecular complexity index is 2750. The molecule has 64 heavy (non-hydrogen) atoms. The van der Waals surface area contributed by atoms with E-state index in [4.69, 9.17) is 34.2 Å². The van der Waals surface area contributed by atoms with E-state index >= 15 is 0 Å². The molecule has 12 heteroatoms. The Morgan fingerprint density at radius 1 is 0.719 bits per heavy atom. The van der Waals surface area contributed by atoms with E-state index in [0.29, 0.717) is 29.5 Å². The summed E-state index contributed by atoms with van der Waals surface area (Å²) in [5, 5.41) is 14.1. The molecule has 0 aliphatic heterocycles. The van der Waals surface area contributed by atoms with E-state index in [1.54, 1.807) is 12.1 Å². The Morgan fingerprint density at radius 2 is 1.34 bits per heavy atom. The van der Waals surface area contributed by atoms with Gasteiger partial charge in [-0.05, 0) is 94.6 Å². The third-order valence-electron chi connectivity index (χ3n) is 11.7. The number of aromatic nitrogens is 6. The predicted octanol–water partition coefficient (Wildman–Crippen LogP) is 10.6. The molecule has 1 aliphatic rings. The molecule has 1 atom stereocenters. The van der Waals surface area contributed by atoms with Crippen molar-refractivity contribution >= 4 is 23.2 Å². The molecule has 322 valence electrons. The number of imidazole rings is 1. The molecule has 0 radical (unpaired) electrons. The number of nitrogens with zero attached hydrogens (tertiary/aromatic N) is 6. The van der Waals surface area contributed by atoms with Gasteiger partial charge in [0, 0.05) is 12.5 Å². The zero-order chi connectivity index (χ0) is 43.9. The third-order valence-corrected chi connectivity index (χ3v) is 11.7. The maximum absolute atomic E-state index is 13.9. The Hall–Kier alpha value is -7.60. The third kappa shape index (κ3) is 8.34. The van der Waals surface area contributed by atoms with Crippen LogP contribution in [0.25, 0.3) is 33.5 Å². The first-order chi connectivity index (χ1) is 31.4. The van der Waals surface area contributed by atoms with Crippen molar-refractivity contribution in [1.29, 1.82) is 0 Å². The second-order valence-corrected chi connectivity index (χ2v) is 15.8. The lowest BCUT2D eigenvalue weighted by molar-refractivity contribution is -0.0914. The molecule has 2 heterocycles. The summed E-state index contributed by atoms with van der Waals surface area (Å²) in [6, 6.07) is 52.8. The van der Waals surface area contributed by atoms with E-state index in [2.05, 4.69) is 71.9 Å². The quantitative estimate of drug-likeness (QED) is 0.0591. The SMILES string of the molecule is CCOc1nc2cccc(C(=O)OC(C)OC(=O)OC3CCCCC3)c2n1Cc1ccc(-c2ccccc2)c(-c2nnnn2C(c2ccccc2)(c2ccccc2)c2ccccc2)c1. The molecule has 0 saturated heterocycles. The molecular weight excluding hydrogens is 805 g/mol.